The van der Waals surface area contributed by atoms with E-state index in [1.165, 1.54) is 28.8 Å². The van der Waals surface area contributed by atoms with Crippen molar-refractivity contribution in [3.8, 4) is 11.5 Å². The number of thiocarbonyl (C=S) groups is 1. The summed E-state index contributed by atoms with van der Waals surface area (Å²) in [4.78, 5) is 25.4. The molecular formula is C24H18N2O5S2. The van der Waals surface area contributed by atoms with Crippen LogP contribution in [0.1, 0.15) is 11.1 Å². The van der Waals surface area contributed by atoms with Crippen molar-refractivity contribution in [2.75, 3.05) is 12.0 Å². The van der Waals surface area contributed by atoms with Gasteiger partial charge in [-0.05, 0) is 53.6 Å². The first-order valence-electron chi connectivity index (χ1n) is 9.83. The van der Waals surface area contributed by atoms with Gasteiger partial charge in [-0.25, -0.2) is 0 Å². The van der Waals surface area contributed by atoms with Gasteiger partial charge in [-0.1, -0.05) is 48.2 Å². The molecule has 1 aliphatic heterocycles. The summed E-state index contributed by atoms with van der Waals surface area (Å²) in [6, 6.07) is 20.8. The molecule has 0 aliphatic carbocycles. The van der Waals surface area contributed by atoms with Gasteiger partial charge >= 0.3 is 0 Å². The maximum atomic E-state index is 13.0. The van der Waals surface area contributed by atoms with Crippen molar-refractivity contribution in [1.82, 2.24) is 0 Å². The van der Waals surface area contributed by atoms with E-state index in [4.69, 9.17) is 21.7 Å². The molecule has 0 aromatic heterocycles. The lowest BCUT2D eigenvalue weighted by Gasteiger charge is -2.14. The molecule has 0 bridgehead atoms. The Balaban J connectivity index is 1.54. The quantitative estimate of drug-likeness (QED) is 0.190. The van der Waals surface area contributed by atoms with Crippen LogP contribution in [0.15, 0.2) is 77.7 Å². The number of rotatable bonds is 7. The third-order valence-corrected chi connectivity index (χ3v) is 6.14. The van der Waals surface area contributed by atoms with Gasteiger partial charge in [0.25, 0.3) is 11.6 Å². The molecule has 166 valence electrons. The molecule has 9 heteroatoms. The summed E-state index contributed by atoms with van der Waals surface area (Å²) < 4.78 is 11.8. The number of methoxy groups -OCH3 is 1. The molecule has 0 N–H and O–H groups in total. The van der Waals surface area contributed by atoms with E-state index < -0.39 is 4.92 Å². The number of carbonyl (C=O) groups excluding carboxylic acids is 1. The smallest absolute Gasteiger partial charge is 0.270 e. The number of hydrogen-bond acceptors (Lipinski definition) is 7. The Morgan fingerprint density at radius 1 is 1.06 bits per heavy atom. The van der Waals surface area contributed by atoms with Crippen LogP contribution >= 0.6 is 24.0 Å². The highest BCUT2D eigenvalue weighted by Crippen LogP contribution is 2.37. The van der Waals surface area contributed by atoms with Crippen LogP contribution in [-0.2, 0) is 11.4 Å². The third-order valence-electron chi connectivity index (χ3n) is 4.84. The van der Waals surface area contributed by atoms with Gasteiger partial charge in [-0.2, -0.15) is 0 Å². The molecule has 1 heterocycles. The van der Waals surface area contributed by atoms with Crippen molar-refractivity contribution >= 4 is 51.7 Å². The standard InChI is InChI=1S/C24H18N2O5S2/c1-30-20-12-9-17(13-21(20)31-15-16-7-10-19(11-8-16)26(28)29)14-22-23(27)25(24(32)33-22)18-5-3-2-4-6-18/h2-14H,15H2,1H3. The van der Waals surface area contributed by atoms with E-state index in [-0.39, 0.29) is 18.2 Å². The lowest BCUT2D eigenvalue weighted by Crippen LogP contribution is -2.27. The molecule has 0 radical (unpaired) electrons. The van der Waals surface area contributed by atoms with Gasteiger partial charge in [0.15, 0.2) is 15.8 Å². The van der Waals surface area contributed by atoms with Crippen LogP contribution in [0.4, 0.5) is 11.4 Å². The first kappa shape index (κ1) is 22.5. The summed E-state index contributed by atoms with van der Waals surface area (Å²) in [6.45, 7) is 0.202. The maximum Gasteiger partial charge on any atom is 0.270 e. The summed E-state index contributed by atoms with van der Waals surface area (Å²) in [5.41, 5.74) is 2.27. The van der Waals surface area contributed by atoms with Crippen molar-refractivity contribution in [3.63, 3.8) is 0 Å². The second-order valence-corrected chi connectivity index (χ2v) is 8.65. The molecule has 0 spiro atoms. The van der Waals surface area contributed by atoms with Gasteiger partial charge < -0.3 is 9.47 Å². The number of para-hydroxylation sites is 1. The fourth-order valence-electron chi connectivity index (χ4n) is 3.19. The van der Waals surface area contributed by atoms with Crippen LogP contribution in [0, 0.1) is 10.1 Å². The number of ether oxygens (including phenoxy) is 2. The van der Waals surface area contributed by atoms with E-state index in [1.807, 2.05) is 36.4 Å². The second-order valence-electron chi connectivity index (χ2n) is 6.98. The monoisotopic (exact) mass is 478 g/mol. The van der Waals surface area contributed by atoms with Crippen molar-refractivity contribution in [3.05, 3.63) is 98.9 Å². The van der Waals surface area contributed by atoms with E-state index >= 15 is 0 Å². The third kappa shape index (κ3) is 5.05. The Kier molecular flexibility index (Phi) is 6.71. The highest BCUT2D eigenvalue weighted by Gasteiger charge is 2.33. The van der Waals surface area contributed by atoms with Crippen molar-refractivity contribution in [2.24, 2.45) is 0 Å². The van der Waals surface area contributed by atoms with Gasteiger partial charge in [-0.3, -0.25) is 19.8 Å². The minimum Gasteiger partial charge on any atom is -0.493 e. The molecular weight excluding hydrogens is 460 g/mol. The lowest BCUT2D eigenvalue weighted by atomic mass is 10.1. The molecule has 1 fully saturated rings. The number of hydrogen-bond donors (Lipinski definition) is 0. The van der Waals surface area contributed by atoms with E-state index in [0.717, 1.165) is 16.8 Å². The summed E-state index contributed by atoms with van der Waals surface area (Å²) in [5.74, 6) is 0.842. The molecule has 0 atom stereocenters. The summed E-state index contributed by atoms with van der Waals surface area (Å²) in [7, 11) is 1.54. The molecule has 7 nitrogen and oxygen atoms in total. The number of nitrogens with zero attached hydrogens (tertiary/aromatic N) is 2. The molecule has 3 aromatic carbocycles. The number of carbonyl (C=O) groups is 1. The van der Waals surface area contributed by atoms with Crippen LogP contribution in [-0.4, -0.2) is 22.3 Å². The molecule has 1 amide bonds. The number of non-ortho nitro benzene ring substituents is 1. The van der Waals surface area contributed by atoms with Crippen LogP contribution in [0.5, 0.6) is 11.5 Å². The van der Waals surface area contributed by atoms with Crippen molar-refractivity contribution < 1.29 is 19.2 Å². The second kappa shape index (κ2) is 9.85. The Morgan fingerprint density at radius 2 is 1.79 bits per heavy atom. The summed E-state index contributed by atoms with van der Waals surface area (Å²) in [6.07, 6.45) is 1.76. The lowest BCUT2D eigenvalue weighted by molar-refractivity contribution is -0.384. The fraction of sp³-hybridized carbons (Fsp3) is 0.0833. The predicted octanol–water partition coefficient (Wildman–Crippen LogP) is 5.59. The summed E-state index contributed by atoms with van der Waals surface area (Å²) in [5, 5.41) is 10.8. The van der Waals surface area contributed by atoms with Crippen molar-refractivity contribution in [1.29, 1.82) is 0 Å². The average molecular weight is 479 g/mol. The highest BCUT2D eigenvalue weighted by molar-refractivity contribution is 8.27. The normalized spacial score (nSPS) is 14.6. The van der Waals surface area contributed by atoms with Gasteiger partial charge in [0.05, 0.1) is 22.6 Å². The predicted molar refractivity (Wildman–Crippen MR) is 133 cm³/mol. The average Bonchev–Trinajstić information content (AvgIpc) is 3.11. The van der Waals surface area contributed by atoms with Gasteiger partial charge in [0.2, 0.25) is 0 Å². The van der Waals surface area contributed by atoms with Crippen LogP contribution in [0.25, 0.3) is 6.08 Å². The highest BCUT2D eigenvalue weighted by atomic mass is 32.2. The van der Waals surface area contributed by atoms with Gasteiger partial charge in [0, 0.05) is 12.1 Å². The Bertz CT molecular complexity index is 1240. The van der Waals surface area contributed by atoms with E-state index in [1.54, 1.807) is 37.5 Å². The Hall–Kier alpha value is -3.69. The van der Waals surface area contributed by atoms with E-state index in [0.29, 0.717) is 20.7 Å². The van der Waals surface area contributed by atoms with Gasteiger partial charge in [0.1, 0.15) is 6.61 Å². The zero-order chi connectivity index (χ0) is 23.4. The number of anilines is 1. The number of nitro groups is 1. The largest absolute Gasteiger partial charge is 0.493 e. The molecule has 0 saturated carbocycles. The Morgan fingerprint density at radius 3 is 2.45 bits per heavy atom. The number of nitro benzene ring substituents is 1. The van der Waals surface area contributed by atoms with E-state index in [2.05, 4.69) is 0 Å². The number of thioether (sulfide) groups is 1. The number of benzene rings is 3. The first-order chi connectivity index (χ1) is 16.0. The van der Waals surface area contributed by atoms with Crippen molar-refractivity contribution in [2.45, 2.75) is 6.61 Å². The molecule has 4 rings (SSSR count). The minimum atomic E-state index is -0.447. The molecule has 1 saturated heterocycles. The zero-order valence-corrected chi connectivity index (χ0v) is 19.1. The van der Waals surface area contributed by atoms with Gasteiger partial charge in [-0.15, -0.1) is 0 Å². The van der Waals surface area contributed by atoms with E-state index in [9.17, 15) is 14.9 Å². The zero-order valence-electron chi connectivity index (χ0n) is 17.5. The molecule has 0 unspecified atom stereocenters. The first-order valence-corrected chi connectivity index (χ1v) is 11.1. The SMILES string of the molecule is COc1ccc(C=C2SC(=S)N(c3ccccc3)C2=O)cc1OCc1ccc([N+](=O)[O-])cc1. The van der Waals surface area contributed by atoms with Crippen LogP contribution in [0.3, 0.4) is 0 Å². The molecule has 1 aliphatic rings. The Labute approximate surface area is 199 Å². The number of amides is 1. The molecule has 33 heavy (non-hydrogen) atoms. The molecule has 3 aromatic rings. The topological polar surface area (TPSA) is 81.9 Å². The fourth-order valence-corrected chi connectivity index (χ4v) is 4.49. The van der Waals surface area contributed by atoms with Crippen LogP contribution in [0.2, 0.25) is 0 Å². The maximum absolute atomic E-state index is 13.0. The van der Waals surface area contributed by atoms with Crippen LogP contribution < -0.4 is 14.4 Å². The minimum absolute atomic E-state index is 0.0196. The summed E-state index contributed by atoms with van der Waals surface area (Å²) >= 11 is 6.66.